The van der Waals surface area contributed by atoms with Gasteiger partial charge in [-0.1, -0.05) is 28.4 Å². The van der Waals surface area contributed by atoms with Crippen molar-refractivity contribution in [3.05, 3.63) is 57.3 Å². The highest BCUT2D eigenvalue weighted by Gasteiger charge is 2.62. The number of nitrogens with two attached hydrogens (primary N) is 1. The van der Waals surface area contributed by atoms with Crippen LogP contribution in [0.3, 0.4) is 0 Å². The fraction of sp³-hybridized carbons (Fsp3) is 0.278. The summed E-state index contributed by atoms with van der Waals surface area (Å²) in [7, 11) is 0. The van der Waals surface area contributed by atoms with Crippen LogP contribution in [0.4, 0.5) is 36.4 Å². The number of ether oxygens (including phenoxy) is 1. The molecule has 1 aliphatic rings. The van der Waals surface area contributed by atoms with E-state index in [1.807, 2.05) is 0 Å². The molecule has 0 saturated carbocycles. The molecule has 1 aliphatic heterocycles. The van der Waals surface area contributed by atoms with Gasteiger partial charge >= 0.3 is 12.5 Å². The maximum atomic E-state index is 14.0. The predicted octanol–water partition coefficient (Wildman–Crippen LogP) is 6.09. The average Bonchev–Trinajstić information content (AvgIpc) is 3.11. The molecule has 3 N–H and O–H groups in total. The van der Waals surface area contributed by atoms with Gasteiger partial charge in [0.25, 0.3) is 5.60 Å². The summed E-state index contributed by atoms with van der Waals surface area (Å²) in [5.74, 6) is -1.97. The van der Waals surface area contributed by atoms with Gasteiger partial charge in [0.05, 0.1) is 16.5 Å². The molecule has 0 aromatic heterocycles. The number of rotatable bonds is 4. The van der Waals surface area contributed by atoms with Crippen molar-refractivity contribution in [1.82, 2.24) is 0 Å². The van der Waals surface area contributed by atoms with E-state index in [1.165, 1.54) is 0 Å². The van der Waals surface area contributed by atoms with Gasteiger partial charge in [-0.25, -0.2) is 4.39 Å². The first-order valence-corrected chi connectivity index (χ1v) is 9.34. The van der Waals surface area contributed by atoms with Crippen LogP contribution >= 0.6 is 23.2 Å². The molecule has 0 aliphatic carbocycles. The standard InChI is InChI=1S/C18H12Cl2F7N3O2/c19-11-4-9(5-12(20)15(11)21)16(17(22,23)24)6-14(30-32-16)29-10-1-2-13(8(3-10)7-28)31-18(25,26)27/h1-5H,6-7,28H2,(H,29,30). The van der Waals surface area contributed by atoms with E-state index in [2.05, 4.69) is 15.2 Å². The molecule has 0 fully saturated rings. The summed E-state index contributed by atoms with van der Waals surface area (Å²) < 4.78 is 96.8. The van der Waals surface area contributed by atoms with Gasteiger partial charge in [-0.3, -0.25) is 0 Å². The molecule has 1 unspecified atom stereocenters. The quantitative estimate of drug-likeness (QED) is 0.389. The second-order valence-corrected chi connectivity index (χ2v) is 7.40. The molecule has 2 aromatic carbocycles. The van der Waals surface area contributed by atoms with Crippen LogP contribution in [0.25, 0.3) is 0 Å². The molecule has 0 spiro atoms. The van der Waals surface area contributed by atoms with Crippen molar-refractivity contribution in [1.29, 1.82) is 0 Å². The minimum Gasteiger partial charge on any atom is -0.405 e. The Bertz CT molecular complexity index is 1040. The second-order valence-electron chi connectivity index (χ2n) is 6.58. The molecule has 32 heavy (non-hydrogen) atoms. The highest BCUT2D eigenvalue weighted by atomic mass is 35.5. The van der Waals surface area contributed by atoms with Crippen molar-refractivity contribution in [3.8, 4) is 5.75 Å². The fourth-order valence-electron chi connectivity index (χ4n) is 2.97. The maximum absolute atomic E-state index is 14.0. The minimum atomic E-state index is -5.02. The Morgan fingerprint density at radius 1 is 1.09 bits per heavy atom. The SMILES string of the molecule is NCc1cc(NC2=NOC(c3cc(Cl)c(F)c(Cl)c3)(C(F)(F)F)C2)ccc1OC(F)(F)F. The first-order chi connectivity index (χ1) is 14.8. The van der Waals surface area contributed by atoms with Crippen molar-refractivity contribution in [2.45, 2.75) is 31.1 Å². The number of benzene rings is 2. The lowest BCUT2D eigenvalue weighted by atomic mass is 9.89. The smallest absolute Gasteiger partial charge is 0.405 e. The van der Waals surface area contributed by atoms with Gasteiger partial charge in [-0.15, -0.1) is 13.2 Å². The number of hydrogen-bond acceptors (Lipinski definition) is 5. The number of oxime groups is 1. The van der Waals surface area contributed by atoms with Crippen molar-refractivity contribution >= 4 is 34.7 Å². The minimum absolute atomic E-state index is 0.0639. The largest absolute Gasteiger partial charge is 0.573 e. The molecular weight excluding hydrogens is 494 g/mol. The molecule has 1 atom stereocenters. The van der Waals surface area contributed by atoms with E-state index in [-0.39, 0.29) is 23.6 Å². The third-order valence-corrected chi connectivity index (χ3v) is 4.98. The third-order valence-electron chi connectivity index (χ3n) is 4.43. The molecule has 174 valence electrons. The first-order valence-electron chi connectivity index (χ1n) is 8.58. The molecule has 2 aromatic rings. The Hall–Kier alpha value is -2.44. The van der Waals surface area contributed by atoms with Gasteiger partial charge in [0, 0.05) is 23.4 Å². The zero-order valence-electron chi connectivity index (χ0n) is 15.5. The van der Waals surface area contributed by atoms with Crippen molar-refractivity contribution in [3.63, 3.8) is 0 Å². The summed E-state index contributed by atoms with van der Waals surface area (Å²) in [6, 6.07) is 4.69. The van der Waals surface area contributed by atoms with Crippen LogP contribution in [0.2, 0.25) is 10.0 Å². The van der Waals surface area contributed by atoms with E-state index in [4.69, 9.17) is 33.8 Å². The molecule has 14 heteroatoms. The van der Waals surface area contributed by atoms with E-state index in [1.54, 1.807) is 0 Å². The number of anilines is 1. The Morgan fingerprint density at radius 2 is 1.72 bits per heavy atom. The number of nitrogens with one attached hydrogen (secondary N) is 1. The fourth-order valence-corrected chi connectivity index (χ4v) is 3.45. The second kappa shape index (κ2) is 8.49. The van der Waals surface area contributed by atoms with Crippen molar-refractivity contribution in [2.75, 3.05) is 5.32 Å². The molecular formula is C18H12Cl2F7N3O2. The number of nitrogens with zero attached hydrogens (tertiary/aromatic N) is 1. The van der Waals surface area contributed by atoms with E-state index < -0.39 is 51.7 Å². The number of halogens is 9. The van der Waals surface area contributed by atoms with Gasteiger partial charge < -0.3 is 20.6 Å². The Labute approximate surface area is 185 Å². The van der Waals surface area contributed by atoms with E-state index >= 15 is 0 Å². The van der Waals surface area contributed by atoms with E-state index in [9.17, 15) is 30.7 Å². The highest BCUT2D eigenvalue weighted by Crippen LogP contribution is 2.49. The lowest BCUT2D eigenvalue weighted by Gasteiger charge is -2.29. The molecule has 5 nitrogen and oxygen atoms in total. The number of amidine groups is 1. The van der Waals surface area contributed by atoms with Crippen molar-refractivity contribution < 1.29 is 40.3 Å². The third kappa shape index (κ3) is 4.81. The topological polar surface area (TPSA) is 68.9 Å². The summed E-state index contributed by atoms with van der Waals surface area (Å²) >= 11 is 11.3. The first kappa shape index (κ1) is 24.2. The van der Waals surface area contributed by atoms with Crippen LogP contribution in [-0.4, -0.2) is 18.4 Å². The van der Waals surface area contributed by atoms with E-state index in [0.29, 0.717) is 0 Å². The van der Waals surface area contributed by atoms with Gasteiger partial charge in [0.1, 0.15) is 5.75 Å². The van der Waals surface area contributed by atoms with Crippen LogP contribution < -0.4 is 15.8 Å². The molecule has 0 amide bonds. The zero-order chi connectivity index (χ0) is 23.9. The number of hydrogen-bond donors (Lipinski definition) is 2. The van der Waals surface area contributed by atoms with Crippen LogP contribution in [0, 0.1) is 5.82 Å². The molecule has 0 radical (unpaired) electrons. The monoisotopic (exact) mass is 505 g/mol. The Balaban J connectivity index is 1.88. The van der Waals surface area contributed by atoms with Crippen LogP contribution in [0.1, 0.15) is 17.5 Å². The maximum Gasteiger partial charge on any atom is 0.573 e. The molecule has 0 saturated heterocycles. The van der Waals surface area contributed by atoms with Crippen LogP contribution in [0.15, 0.2) is 35.5 Å². The Kier molecular flexibility index (Phi) is 6.42. The molecule has 3 rings (SSSR count). The van der Waals surface area contributed by atoms with Crippen molar-refractivity contribution in [2.24, 2.45) is 10.9 Å². The van der Waals surface area contributed by atoms with Gasteiger partial charge in [0.15, 0.2) is 11.7 Å². The highest BCUT2D eigenvalue weighted by molar-refractivity contribution is 6.35. The van der Waals surface area contributed by atoms with Gasteiger partial charge in [-0.05, 0) is 30.3 Å². The summed E-state index contributed by atoms with van der Waals surface area (Å²) in [5.41, 5.74) is 1.84. The number of alkyl halides is 6. The van der Waals surface area contributed by atoms with E-state index in [0.717, 1.165) is 30.3 Å². The lowest BCUT2D eigenvalue weighted by Crippen LogP contribution is -2.43. The zero-order valence-corrected chi connectivity index (χ0v) is 17.1. The predicted molar refractivity (Wildman–Crippen MR) is 102 cm³/mol. The summed E-state index contributed by atoms with van der Waals surface area (Å²) in [6.07, 6.45) is -10.9. The lowest BCUT2D eigenvalue weighted by molar-refractivity contribution is -0.276. The average molecular weight is 506 g/mol. The van der Waals surface area contributed by atoms with Gasteiger partial charge in [-0.2, -0.15) is 13.2 Å². The summed E-state index contributed by atoms with van der Waals surface area (Å²) in [4.78, 5) is 4.73. The van der Waals surface area contributed by atoms with Crippen LogP contribution in [0.5, 0.6) is 5.75 Å². The normalized spacial score (nSPS) is 18.9. The Morgan fingerprint density at radius 3 is 2.25 bits per heavy atom. The summed E-state index contributed by atoms with van der Waals surface area (Å²) in [6.45, 7) is -0.344. The summed E-state index contributed by atoms with van der Waals surface area (Å²) in [5, 5.41) is 4.66. The molecule has 0 bridgehead atoms. The van der Waals surface area contributed by atoms with Crippen LogP contribution in [-0.2, 0) is 17.0 Å². The molecule has 1 heterocycles. The van der Waals surface area contributed by atoms with Gasteiger partial charge in [0.2, 0.25) is 0 Å².